The minimum absolute atomic E-state index is 0.200. The first kappa shape index (κ1) is 21.5. The van der Waals surface area contributed by atoms with Gasteiger partial charge in [0.15, 0.2) is 17.3 Å². The zero-order valence-corrected chi connectivity index (χ0v) is 19.2. The second-order valence-corrected chi connectivity index (χ2v) is 9.80. The molecule has 9 nitrogen and oxygen atoms in total. The minimum Gasteiger partial charge on any atom is -0.495 e. The van der Waals surface area contributed by atoms with Gasteiger partial charge >= 0.3 is 0 Å². The fraction of sp³-hybridized carbons (Fsp3) is 0.304. The number of aromatic nitrogens is 2. The zero-order chi connectivity index (χ0) is 23.0. The number of benzene rings is 2. The summed E-state index contributed by atoms with van der Waals surface area (Å²) < 4.78 is 44.0. The second kappa shape index (κ2) is 8.53. The van der Waals surface area contributed by atoms with Crippen LogP contribution < -0.4 is 19.1 Å². The zero-order valence-electron chi connectivity index (χ0n) is 18.4. The van der Waals surface area contributed by atoms with Crippen LogP contribution in [0, 0.1) is 6.92 Å². The van der Waals surface area contributed by atoms with E-state index in [1.807, 2.05) is 48.2 Å². The Balaban J connectivity index is 1.28. The lowest BCUT2D eigenvalue weighted by Crippen LogP contribution is -2.49. The number of fused-ring (bicyclic) bond motifs is 1. The Morgan fingerprint density at radius 1 is 0.909 bits per heavy atom. The van der Waals surface area contributed by atoms with E-state index in [1.165, 1.54) is 11.4 Å². The fourth-order valence-electron chi connectivity index (χ4n) is 3.99. The van der Waals surface area contributed by atoms with E-state index in [2.05, 4.69) is 10.2 Å². The van der Waals surface area contributed by atoms with E-state index in [4.69, 9.17) is 14.2 Å². The number of piperazine rings is 1. The van der Waals surface area contributed by atoms with E-state index in [0.29, 0.717) is 43.5 Å². The normalized spacial score (nSPS) is 16.1. The minimum atomic E-state index is -3.66. The summed E-state index contributed by atoms with van der Waals surface area (Å²) in [6, 6.07) is 14.6. The van der Waals surface area contributed by atoms with Crippen LogP contribution in [0.4, 0.5) is 5.82 Å². The quantitative estimate of drug-likeness (QED) is 0.564. The number of ether oxygens (including phenoxy) is 3. The average Bonchev–Trinajstić information content (AvgIpc) is 3.32. The standard InChI is InChI=1S/C23H24N4O5S/c1-16-3-6-20(30-2)22(13-16)33(28,29)27-11-9-26(10-12-27)23-8-5-18(24-25-23)17-4-7-19-21(14-17)32-15-31-19/h3-8,13-14H,9-12,15H2,1-2H3. The highest BCUT2D eigenvalue weighted by Crippen LogP contribution is 2.35. The highest BCUT2D eigenvalue weighted by molar-refractivity contribution is 7.89. The van der Waals surface area contributed by atoms with Crippen LogP contribution in [0.2, 0.25) is 0 Å². The monoisotopic (exact) mass is 468 g/mol. The Hall–Kier alpha value is -3.37. The second-order valence-electron chi connectivity index (χ2n) is 7.89. The molecule has 2 aliphatic heterocycles. The predicted molar refractivity (Wildman–Crippen MR) is 122 cm³/mol. The van der Waals surface area contributed by atoms with E-state index in [9.17, 15) is 8.42 Å². The maximum Gasteiger partial charge on any atom is 0.246 e. The van der Waals surface area contributed by atoms with Gasteiger partial charge in [0, 0.05) is 31.7 Å². The molecule has 0 unspecified atom stereocenters. The van der Waals surface area contributed by atoms with Gasteiger partial charge in [-0.3, -0.25) is 0 Å². The molecule has 0 atom stereocenters. The average molecular weight is 469 g/mol. The molecule has 0 radical (unpaired) electrons. The van der Waals surface area contributed by atoms with Crippen molar-refractivity contribution in [1.29, 1.82) is 0 Å². The molecular weight excluding hydrogens is 444 g/mol. The van der Waals surface area contributed by atoms with E-state index in [-0.39, 0.29) is 11.7 Å². The fourth-order valence-corrected chi connectivity index (χ4v) is 5.65. The van der Waals surface area contributed by atoms with Crippen LogP contribution in [0.15, 0.2) is 53.4 Å². The number of hydrogen-bond acceptors (Lipinski definition) is 8. The maximum absolute atomic E-state index is 13.2. The molecule has 33 heavy (non-hydrogen) atoms. The van der Waals surface area contributed by atoms with Gasteiger partial charge in [-0.05, 0) is 55.0 Å². The van der Waals surface area contributed by atoms with Crippen LogP contribution in [-0.2, 0) is 10.0 Å². The van der Waals surface area contributed by atoms with Crippen LogP contribution in [0.25, 0.3) is 11.3 Å². The molecule has 1 saturated heterocycles. The maximum atomic E-state index is 13.2. The number of methoxy groups -OCH3 is 1. The number of aryl methyl sites for hydroxylation is 1. The number of rotatable bonds is 5. The predicted octanol–water partition coefficient (Wildman–Crippen LogP) is 2.70. The molecule has 3 aromatic rings. The van der Waals surface area contributed by atoms with Gasteiger partial charge in [0.1, 0.15) is 10.6 Å². The lowest BCUT2D eigenvalue weighted by molar-refractivity contribution is 0.174. The van der Waals surface area contributed by atoms with Gasteiger partial charge in [-0.25, -0.2) is 8.42 Å². The molecule has 172 valence electrons. The van der Waals surface area contributed by atoms with Crippen LogP contribution in [0.5, 0.6) is 17.2 Å². The Kier molecular flexibility index (Phi) is 5.55. The van der Waals surface area contributed by atoms with Gasteiger partial charge in [0.2, 0.25) is 16.8 Å². The number of anilines is 1. The van der Waals surface area contributed by atoms with Crippen molar-refractivity contribution >= 4 is 15.8 Å². The molecule has 0 bridgehead atoms. The lowest BCUT2D eigenvalue weighted by Gasteiger charge is -2.34. The van der Waals surface area contributed by atoms with Crippen molar-refractivity contribution in [2.75, 3.05) is 45.0 Å². The number of sulfonamides is 1. The van der Waals surface area contributed by atoms with E-state index in [0.717, 1.165) is 22.6 Å². The molecule has 1 fully saturated rings. The molecule has 5 rings (SSSR count). The molecule has 2 aliphatic rings. The molecule has 0 aliphatic carbocycles. The van der Waals surface area contributed by atoms with Gasteiger partial charge in [0.05, 0.1) is 12.8 Å². The Labute approximate surface area is 192 Å². The first-order chi connectivity index (χ1) is 16.0. The molecule has 3 heterocycles. The topological polar surface area (TPSA) is 94.1 Å². The van der Waals surface area contributed by atoms with Crippen molar-refractivity contribution in [2.45, 2.75) is 11.8 Å². The largest absolute Gasteiger partial charge is 0.495 e. The SMILES string of the molecule is COc1ccc(C)cc1S(=O)(=O)N1CCN(c2ccc(-c3ccc4c(c3)OCO4)nn2)CC1. The molecule has 0 saturated carbocycles. The third kappa shape index (κ3) is 4.07. The Bertz CT molecular complexity index is 1270. The highest BCUT2D eigenvalue weighted by Gasteiger charge is 2.31. The van der Waals surface area contributed by atoms with Crippen LogP contribution >= 0.6 is 0 Å². The third-order valence-electron chi connectivity index (χ3n) is 5.82. The Morgan fingerprint density at radius 2 is 1.70 bits per heavy atom. The molecule has 1 aromatic heterocycles. The van der Waals surface area contributed by atoms with Crippen LogP contribution in [0.3, 0.4) is 0 Å². The van der Waals surface area contributed by atoms with Gasteiger partial charge in [0.25, 0.3) is 0 Å². The van der Waals surface area contributed by atoms with Gasteiger partial charge in [-0.15, -0.1) is 10.2 Å². The Morgan fingerprint density at radius 3 is 2.42 bits per heavy atom. The van der Waals surface area contributed by atoms with Crippen molar-refractivity contribution in [2.24, 2.45) is 0 Å². The van der Waals surface area contributed by atoms with Gasteiger partial charge < -0.3 is 19.1 Å². The first-order valence-electron chi connectivity index (χ1n) is 10.6. The summed E-state index contributed by atoms with van der Waals surface area (Å²) in [7, 11) is -2.18. The van der Waals surface area contributed by atoms with Crippen LogP contribution in [0.1, 0.15) is 5.56 Å². The van der Waals surface area contributed by atoms with E-state index >= 15 is 0 Å². The van der Waals surface area contributed by atoms with Crippen molar-refractivity contribution < 1.29 is 22.6 Å². The molecule has 0 N–H and O–H groups in total. The van der Waals surface area contributed by atoms with E-state index in [1.54, 1.807) is 12.1 Å². The highest BCUT2D eigenvalue weighted by atomic mass is 32.2. The van der Waals surface area contributed by atoms with Crippen molar-refractivity contribution in [3.05, 3.63) is 54.1 Å². The summed E-state index contributed by atoms with van der Waals surface area (Å²) in [5, 5.41) is 8.73. The summed E-state index contributed by atoms with van der Waals surface area (Å²) in [6.45, 7) is 3.83. The van der Waals surface area contributed by atoms with E-state index < -0.39 is 10.0 Å². The first-order valence-corrected chi connectivity index (χ1v) is 12.0. The third-order valence-corrected chi connectivity index (χ3v) is 7.74. The van der Waals surface area contributed by atoms with Gasteiger partial charge in [-0.2, -0.15) is 4.31 Å². The molecule has 0 spiro atoms. The molecular formula is C23H24N4O5S. The lowest BCUT2D eigenvalue weighted by atomic mass is 10.1. The van der Waals surface area contributed by atoms with Crippen LogP contribution in [-0.4, -0.2) is 63.0 Å². The van der Waals surface area contributed by atoms with Crippen molar-refractivity contribution in [3.63, 3.8) is 0 Å². The van der Waals surface area contributed by atoms with Crippen molar-refractivity contribution in [1.82, 2.24) is 14.5 Å². The number of nitrogens with zero attached hydrogens (tertiary/aromatic N) is 4. The number of hydrogen-bond donors (Lipinski definition) is 0. The summed E-state index contributed by atoms with van der Waals surface area (Å²) in [6.07, 6.45) is 0. The summed E-state index contributed by atoms with van der Waals surface area (Å²) >= 11 is 0. The molecule has 10 heteroatoms. The molecule has 0 amide bonds. The summed E-state index contributed by atoms with van der Waals surface area (Å²) in [4.78, 5) is 2.24. The summed E-state index contributed by atoms with van der Waals surface area (Å²) in [5.41, 5.74) is 2.48. The van der Waals surface area contributed by atoms with Crippen molar-refractivity contribution in [3.8, 4) is 28.5 Å². The summed E-state index contributed by atoms with van der Waals surface area (Å²) in [5.74, 6) is 2.48. The smallest absolute Gasteiger partial charge is 0.246 e. The van der Waals surface area contributed by atoms with Gasteiger partial charge in [-0.1, -0.05) is 6.07 Å². The molecule has 2 aromatic carbocycles.